The zero-order valence-corrected chi connectivity index (χ0v) is 19.1. The molecule has 164 valence electrons. The average Bonchev–Trinajstić information content (AvgIpc) is 3.34. The molecule has 10 heteroatoms. The zero-order valence-electron chi connectivity index (χ0n) is 17.5. The number of carbonyl (C=O) groups excluding carboxylic acids is 1. The van der Waals surface area contributed by atoms with Gasteiger partial charge in [-0.3, -0.25) is 4.79 Å². The van der Waals surface area contributed by atoms with E-state index in [1.807, 2.05) is 30.7 Å². The third kappa shape index (κ3) is 4.10. The highest BCUT2D eigenvalue weighted by atomic mass is 32.2. The highest BCUT2D eigenvalue weighted by Gasteiger charge is 2.21. The van der Waals surface area contributed by atoms with Crippen LogP contribution < -0.4 is 14.3 Å². The number of sulfonamides is 1. The summed E-state index contributed by atoms with van der Waals surface area (Å²) in [6, 6.07) is 9.63. The molecule has 2 aromatic carbocycles. The lowest BCUT2D eigenvalue weighted by Gasteiger charge is -2.16. The Morgan fingerprint density at radius 3 is 2.55 bits per heavy atom. The molecule has 4 rings (SSSR count). The minimum Gasteiger partial charge on any atom is -0.454 e. The summed E-state index contributed by atoms with van der Waals surface area (Å²) in [4.78, 5) is 17.6. The Hall–Kier alpha value is -2.69. The van der Waals surface area contributed by atoms with E-state index in [0.717, 1.165) is 23.1 Å². The SMILES string of the molecule is CCCCN(C)S(=O)(=O)c1ccc(C(=O)N=c2sc3cc4c(cc3n2C)OCO4)cc1. The summed E-state index contributed by atoms with van der Waals surface area (Å²) < 4.78 is 40.2. The second-order valence-electron chi connectivity index (χ2n) is 7.24. The van der Waals surface area contributed by atoms with E-state index < -0.39 is 15.9 Å². The van der Waals surface area contributed by atoms with E-state index in [1.165, 1.54) is 39.9 Å². The van der Waals surface area contributed by atoms with E-state index >= 15 is 0 Å². The van der Waals surface area contributed by atoms with Gasteiger partial charge in [0.15, 0.2) is 16.3 Å². The summed E-state index contributed by atoms with van der Waals surface area (Å²) in [6.45, 7) is 2.66. The Morgan fingerprint density at radius 2 is 1.87 bits per heavy atom. The van der Waals surface area contributed by atoms with Crippen molar-refractivity contribution in [3.05, 3.63) is 46.8 Å². The molecular formula is C21H23N3O5S2. The molecule has 0 radical (unpaired) electrons. The number of carbonyl (C=O) groups is 1. The van der Waals surface area contributed by atoms with Gasteiger partial charge in [-0.25, -0.2) is 12.7 Å². The first-order valence-corrected chi connectivity index (χ1v) is 12.1. The number of fused-ring (bicyclic) bond motifs is 2. The summed E-state index contributed by atoms with van der Waals surface area (Å²) in [7, 11) is -0.186. The molecule has 0 bridgehead atoms. The number of unbranched alkanes of at least 4 members (excludes halogenated alkanes) is 1. The molecule has 1 aliphatic rings. The van der Waals surface area contributed by atoms with Gasteiger partial charge in [-0.05, 0) is 30.7 Å². The van der Waals surface area contributed by atoms with Crippen molar-refractivity contribution >= 4 is 37.5 Å². The first-order chi connectivity index (χ1) is 14.8. The Labute approximate surface area is 184 Å². The summed E-state index contributed by atoms with van der Waals surface area (Å²) in [6.07, 6.45) is 1.70. The van der Waals surface area contributed by atoms with Crippen molar-refractivity contribution in [3.8, 4) is 11.5 Å². The fourth-order valence-electron chi connectivity index (χ4n) is 3.23. The Kier molecular flexibility index (Phi) is 5.87. The third-order valence-electron chi connectivity index (χ3n) is 5.14. The van der Waals surface area contributed by atoms with Crippen LogP contribution in [0.4, 0.5) is 0 Å². The second-order valence-corrected chi connectivity index (χ2v) is 10.3. The van der Waals surface area contributed by atoms with E-state index in [4.69, 9.17) is 9.47 Å². The van der Waals surface area contributed by atoms with Gasteiger partial charge >= 0.3 is 0 Å². The van der Waals surface area contributed by atoms with Gasteiger partial charge in [0.05, 0.1) is 15.1 Å². The van der Waals surface area contributed by atoms with Gasteiger partial charge in [0.25, 0.3) is 5.91 Å². The lowest BCUT2D eigenvalue weighted by molar-refractivity contribution is 0.0998. The number of thiazole rings is 1. The van der Waals surface area contributed by atoms with E-state index in [-0.39, 0.29) is 11.7 Å². The number of rotatable bonds is 6. The van der Waals surface area contributed by atoms with Crippen LogP contribution in [0.2, 0.25) is 0 Å². The summed E-state index contributed by atoms with van der Waals surface area (Å²) in [5.41, 5.74) is 1.21. The fraction of sp³-hybridized carbons (Fsp3) is 0.333. The predicted octanol–water partition coefficient (Wildman–Crippen LogP) is 3.13. The number of aryl methyl sites for hydroxylation is 1. The van der Waals surface area contributed by atoms with Gasteiger partial charge in [-0.2, -0.15) is 4.99 Å². The molecule has 31 heavy (non-hydrogen) atoms. The maximum atomic E-state index is 12.7. The molecule has 0 aliphatic carbocycles. The van der Waals surface area contributed by atoms with Crippen molar-refractivity contribution in [2.24, 2.45) is 12.0 Å². The van der Waals surface area contributed by atoms with Crippen LogP contribution in [0.15, 0.2) is 46.3 Å². The molecule has 1 aliphatic heterocycles. The molecule has 0 saturated carbocycles. The second kappa shape index (κ2) is 8.45. The third-order valence-corrected chi connectivity index (χ3v) is 8.10. The smallest absolute Gasteiger partial charge is 0.279 e. The van der Waals surface area contributed by atoms with Gasteiger partial charge in [-0.15, -0.1) is 0 Å². The summed E-state index contributed by atoms with van der Waals surface area (Å²) in [5, 5.41) is 0. The monoisotopic (exact) mass is 461 g/mol. The van der Waals surface area contributed by atoms with E-state index in [9.17, 15) is 13.2 Å². The largest absolute Gasteiger partial charge is 0.454 e. The molecule has 1 aromatic heterocycles. The average molecular weight is 462 g/mol. The van der Waals surface area contributed by atoms with Crippen molar-refractivity contribution < 1.29 is 22.7 Å². The van der Waals surface area contributed by atoms with Crippen molar-refractivity contribution in [1.82, 2.24) is 8.87 Å². The molecule has 0 saturated heterocycles. The highest BCUT2D eigenvalue weighted by molar-refractivity contribution is 7.89. The normalized spacial score (nSPS) is 14.0. The van der Waals surface area contributed by atoms with Crippen LogP contribution in [0, 0.1) is 0 Å². The first-order valence-electron chi connectivity index (χ1n) is 9.86. The van der Waals surface area contributed by atoms with Crippen LogP contribution in [-0.2, 0) is 17.1 Å². The molecule has 0 fully saturated rings. The summed E-state index contributed by atoms with van der Waals surface area (Å²) in [5.74, 6) is 0.901. The van der Waals surface area contributed by atoms with E-state index in [1.54, 1.807) is 7.05 Å². The van der Waals surface area contributed by atoms with Crippen LogP contribution in [0.3, 0.4) is 0 Å². The number of ether oxygens (including phenoxy) is 2. The molecule has 3 aromatic rings. The lowest BCUT2D eigenvalue weighted by atomic mass is 10.2. The Morgan fingerprint density at radius 1 is 1.19 bits per heavy atom. The predicted molar refractivity (Wildman–Crippen MR) is 118 cm³/mol. The van der Waals surface area contributed by atoms with Crippen molar-refractivity contribution in [2.75, 3.05) is 20.4 Å². The Bertz CT molecular complexity index is 1310. The number of hydrogen-bond donors (Lipinski definition) is 0. The molecule has 0 unspecified atom stereocenters. The van der Waals surface area contributed by atoms with Crippen molar-refractivity contribution in [1.29, 1.82) is 0 Å². The van der Waals surface area contributed by atoms with Crippen LogP contribution >= 0.6 is 11.3 Å². The minimum atomic E-state index is -3.58. The van der Waals surface area contributed by atoms with Crippen LogP contribution in [0.25, 0.3) is 10.2 Å². The number of benzene rings is 2. The van der Waals surface area contributed by atoms with Crippen molar-refractivity contribution in [2.45, 2.75) is 24.7 Å². The number of amides is 1. The van der Waals surface area contributed by atoms with Crippen LogP contribution in [0.5, 0.6) is 11.5 Å². The Balaban J connectivity index is 1.60. The molecule has 0 N–H and O–H groups in total. The first kappa shape index (κ1) is 21.5. The molecule has 1 amide bonds. The molecular weight excluding hydrogens is 438 g/mol. The van der Waals surface area contributed by atoms with Gasteiger partial charge in [0, 0.05) is 38.3 Å². The zero-order chi connectivity index (χ0) is 22.2. The molecule has 0 atom stereocenters. The van der Waals surface area contributed by atoms with Gasteiger partial charge in [-0.1, -0.05) is 24.7 Å². The van der Waals surface area contributed by atoms with Crippen LogP contribution in [0.1, 0.15) is 30.1 Å². The van der Waals surface area contributed by atoms with Gasteiger partial charge in [0.2, 0.25) is 16.8 Å². The fourth-order valence-corrected chi connectivity index (χ4v) is 5.46. The molecule has 2 heterocycles. The minimum absolute atomic E-state index is 0.157. The topological polar surface area (TPSA) is 90.2 Å². The van der Waals surface area contributed by atoms with Gasteiger partial charge in [0.1, 0.15) is 0 Å². The molecule has 8 nitrogen and oxygen atoms in total. The number of nitrogens with zero attached hydrogens (tertiary/aromatic N) is 3. The maximum absolute atomic E-state index is 12.7. The number of hydrogen-bond acceptors (Lipinski definition) is 6. The van der Waals surface area contributed by atoms with Gasteiger partial charge < -0.3 is 14.0 Å². The highest BCUT2D eigenvalue weighted by Crippen LogP contribution is 2.36. The van der Waals surface area contributed by atoms with E-state index in [0.29, 0.717) is 28.4 Å². The summed E-state index contributed by atoms with van der Waals surface area (Å²) >= 11 is 1.37. The van der Waals surface area contributed by atoms with Crippen molar-refractivity contribution in [3.63, 3.8) is 0 Å². The molecule has 0 spiro atoms. The number of aromatic nitrogens is 1. The standard InChI is InChI=1S/C21H23N3O5S2/c1-4-5-10-23(2)31(26,27)15-8-6-14(7-9-15)20(25)22-21-24(3)16-11-17-18(29-13-28-17)12-19(16)30-21/h6-9,11-12H,4-5,10,13H2,1-3H3. The maximum Gasteiger partial charge on any atom is 0.279 e. The van der Waals surface area contributed by atoms with E-state index in [2.05, 4.69) is 4.99 Å². The quantitative estimate of drug-likeness (QED) is 0.563. The lowest BCUT2D eigenvalue weighted by Crippen LogP contribution is -2.27. The van der Waals surface area contributed by atoms with Crippen LogP contribution in [-0.4, -0.2) is 43.6 Å².